The molecule has 0 bridgehead atoms. The van der Waals surface area contributed by atoms with E-state index in [1.165, 1.54) is 6.07 Å². The number of hydrogen-bond acceptors (Lipinski definition) is 4. The van der Waals surface area contributed by atoms with Crippen LogP contribution in [0.3, 0.4) is 0 Å². The van der Waals surface area contributed by atoms with Gasteiger partial charge in [0.15, 0.2) is 0 Å². The number of benzene rings is 1. The van der Waals surface area contributed by atoms with Crippen LogP contribution in [0.15, 0.2) is 17.1 Å². The van der Waals surface area contributed by atoms with Crippen molar-refractivity contribution in [2.24, 2.45) is 10.9 Å². The van der Waals surface area contributed by atoms with Gasteiger partial charge in [-0.25, -0.2) is 4.98 Å². The maximum Gasteiger partial charge on any atom is 0.418 e. The number of thiocarbonyl (C=S) groups is 1. The Morgan fingerprint density at radius 2 is 2.00 bits per heavy atom. The summed E-state index contributed by atoms with van der Waals surface area (Å²) in [6, 6.07) is 2.47. The van der Waals surface area contributed by atoms with Crippen molar-refractivity contribution in [3.8, 4) is 0 Å². The van der Waals surface area contributed by atoms with Gasteiger partial charge < -0.3 is 9.47 Å². The predicted molar refractivity (Wildman–Crippen MR) is 95.7 cm³/mol. The van der Waals surface area contributed by atoms with Gasteiger partial charge in [-0.2, -0.15) is 18.2 Å². The second-order valence-corrected chi connectivity index (χ2v) is 6.57. The van der Waals surface area contributed by atoms with Crippen molar-refractivity contribution in [2.45, 2.75) is 39.4 Å². The first-order valence-electron chi connectivity index (χ1n) is 8.29. The highest BCUT2D eigenvalue weighted by Crippen LogP contribution is 2.39. The molecule has 1 aliphatic heterocycles. The normalized spacial score (nSPS) is 16.3. The van der Waals surface area contributed by atoms with E-state index in [9.17, 15) is 13.2 Å². The average Bonchev–Trinajstić information content (AvgIpc) is 2.91. The quantitative estimate of drug-likeness (QED) is 0.562. The zero-order valence-corrected chi connectivity index (χ0v) is 14.9. The number of anilines is 1. The van der Waals surface area contributed by atoms with Gasteiger partial charge in [-0.3, -0.25) is 0 Å². The summed E-state index contributed by atoms with van der Waals surface area (Å²) in [5.41, 5.74) is -0.0976. The molecule has 1 aromatic carbocycles. The van der Waals surface area contributed by atoms with E-state index in [0.717, 1.165) is 37.9 Å². The van der Waals surface area contributed by atoms with Gasteiger partial charge in [-0.1, -0.05) is 6.92 Å². The number of halogens is 3. The molecule has 0 spiro atoms. The molecule has 0 saturated carbocycles. The lowest BCUT2D eigenvalue weighted by Crippen LogP contribution is -2.34. The molecule has 0 radical (unpaired) electrons. The second kappa shape index (κ2) is 6.77. The molecule has 2 aromatic rings. The number of rotatable bonds is 3. The monoisotopic (exact) mass is 368 g/mol. The maximum atomic E-state index is 13.4. The van der Waals surface area contributed by atoms with E-state index in [-0.39, 0.29) is 5.69 Å². The third kappa shape index (κ3) is 3.41. The fraction of sp³-hybridized carbons (Fsp3) is 0.529. The van der Waals surface area contributed by atoms with Gasteiger partial charge in [0, 0.05) is 19.6 Å². The number of imidazole rings is 1. The van der Waals surface area contributed by atoms with Crippen molar-refractivity contribution >= 4 is 40.0 Å². The van der Waals surface area contributed by atoms with Crippen LogP contribution in [0.5, 0.6) is 0 Å². The zero-order valence-electron chi connectivity index (χ0n) is 14.1. The molecule has 0 N–H and O–H groups in total. The molecule has 1 fully saturated rings. The van der Waals surface area contributed by atoms with Gasteiger partial charge in [0.1, 0.15) is 0 Å². The first kappa shape index (κ1) is 17.9. The molecule has 0 unspecified atom stereocenters. The summed E-state index contributed by atoms with van der Waals surface area (Å²) < 4.78 is 42.0. The molecular formula is C17H19F3N4S. The Kier molecular flexibility index (Phi) is 4.84. The predicted octanol–water partition coefficient (Wildman–Crippen LogP) is 5.05. The topological polar surface area (TPSA) is 33.4 Å². The fourth-order valence-electron chi connectivity index (χ4n) is 3.28. The number of aryl methyl sites for hydroxylation is 1. The maximum absolute atomic E-state index is 13.4. The number of isothiocyanates is 1. The summed E-state index contributed by atoms with van der Waals surface area (Å²) in [5.74, 6) is 1.39. The van der Waals surface area contributed by atoms with Crippen molar-refractivity contribution in [1.82, 2.24) is 9.55 Å². The molecular weight excluding hydrogens is 349 g/mol. The van der Waals surface area contributed by atoms with Crippen LogP contribution < -0.4 is 4.90 Å². The highest BCUT2D eigenvalue weighted by Gasteiger charge is 2.35. The van der Waals surface area contributed by atoms with Crippen LogP contribution in [0.25, 0.3) is 11.0 Å². The number of fused-ring (bicyclic) bond motifs is 1. The molecule has 1 saturated heterocycles. The van der Waals surface area contributed by atoms with E-state index >= 15 is 0 Å². The van der Waals surface area contributed by atoms with Gasteiger partial charge >= 0.3 is 6.18 Å². The van der Waals surface area contributed by atoms with Crippen LogP contribution in [-0.2, 0) is 12.7 Å². The van der Waals surface area contributed by atoms with Crippen LogP contribution >= 0.6 is 12.2 Å². The van der Waals surface area contributed by atoms with Gasteiger partial charge in [-0.05, 0) is 50.0 Å². The van der Waals surface area contributed by atoms with Crippen molar-refractivity contribution in [3.63, 3.8) is 0 Å². The molecule has 0 amide bonds. The Bertz CT molecular complexity index is 829. The standard InChI is InChI=1S/C17H19F3N4S/c1-3-24-15-8-12(17(18,19)20)13(21-10-25)9-14(15)22-16(24)23-6-4-11(2)5-7-23/h8-9,11H,3-7H2,1-2H3. The van der Waals surface area contributed by atoms with Crippen molar-refractivity contribution in [2.75, 3.05) is 18.0 Å². The lowest BCUT2D eigenvalue weighted by molar-refractivity contribution is -0.136. The Labute approximate surface area is 149 Å². The van der Waals surface area contributed by atoms with Gasteiger partial charge in [0.2, 0.25) is 5.95 Å². The Hall–Kier alpha value is -1.92. The van der Waals surface area contributed by atoms with Crippen LogP contribution in [-0.4, -0.2) is 27.8 Å². The Morgan fingerprint density at radius 1 is 1.32 bits per heavy atom. The SMILES string of the molecule is CCn1c(N2CCC(C)CC2)nc2cc(N=C=S)c(C(F)(F)F)cc21. The zero-order chi connectivity index (χ0) is 18.2. The van der Waals surface area contributed by atoms with Crippen molar-refractivity contribution in [1.29, 1.82) is 0 Å². The van der Waals surface area contributed by atoms with E-state index in [0.29, 0.717) is 23.5 Å². The number of nitrogens with zero attached hydrogens (tertiary/aromatic N) is 4. The smallest absolute Gasteiger partial charge is 0.342 e. The molecule has 1 aromatic heterocycles. The summed E-state index contributed by atoms with van der Waals surface area (Å²) in [6.07, 6.45) is -2.40. The van der Waals surface area contributed by atoms with Crippen LogP contribution in [0.1, 0.15) is 32.3 Å². The molecule has 0 aliphatic carbocycles. The second-order valence-electron chi connectivity index (χ2n) is 6.38. The molecule has 8 heteroatoms. The summed E-state index contributed by atoms with van der Waals surface area (Å²) >= 11 is 4.49. The Balaban J connectivity index is 2.16. The van der Waals surface area contributed by atoms with E-state index < -0.39 is 11.7 Å². The molecule has 1 aliphatic rings. The third-order valence-corrected chi connectivity index (χ3v) is 4.79. The summed E-state index contributed by atoms with van der Waals surface area (Å²) in [5, 5.41) is 2.03. The molecule has 25 heavy (non-hydrogen) atoms. The lowest BCUT2D eigenvalue weighted by Gasteiger charge is -2.31. The third-order valence-electron chi connectivity index (χ3n) is 4.70. The van der Waals surface area contributed by atoms with Crippen molar-refractivity contribution in [3.05, 3.63) is 17.7 Å². The minimum absolute atomic E-state index is 0.241. The molecule has 2 heterocycles. The number of alkyl halides is 3. The first-order chi connectivity index (χ1) is 11.8. The highest BCUT2D eigenvalue weighted by molar-refractivity contribution is 7.78. The first-order valence-corrected chi connectivity index (χ1v) is 8.70. The Morgan fingerprint density at radius 3 is 2.56 bits per heavy atom. The van der Waals surface area contributed by atoms with Crippen LogP contribution in [0.4, 0.5) is 24.8 Å². The average molecular weight is 368 g/mol. The van der Waals surface area contributed by atoms with Crippen molar-refractivity contribution < 1.29 is 13.2 Å². The molecule has 0 atom stereocenters. The van der Waals surface area contributed by atoms with E-state index in [1.807, 2.05) is 16.7 Å². The highest BCUT2D eigenvalue weighted by atomic mass is 32.1. The summed E-state index contributed by atoms with van der Waals surface area (Å²) in [6.45, 7) is 6.40. The number of aromatic nitrogens is 2. The molecule has 4 nitrogen and oxygen atoms in total. The van der Waals surface area contributed by atoms with Gasteiger partial charge in [-0.15, -0.1) is 0 Å². The van der Waals surface area contributed by atoms with Gasteiger partial charge in [0.05, 0.1) is 27.4 Å². The summed E-state index contributed by atoms with van der Waals surface area (Å²) in [4.78, 5) is 10.3. The number of aliphatic imine (C=N–C) groups is 1. The molecule has 134 valence electrons. The molecule has 3 rings (SSSR count). The summed E-state index contributed by atoms with van der Waals surface area (Å²) in [7, 11) is 0. The van der Waals surface area contributed by atoms with Gasteiger partial charge in [0.25, 0.3) is 0 Å². The van der Waals surface area contributed by atoms with E-state index in [1.54, 1.807) is 0 Å². The van der Waals surface area contributed by atoms with E-state index in [2.05, 4.69) is 34.0 Å². The number of hydrogen-bond donors (Lipinski definition) is 0. The lowest BCUT2D eigenvalue weighted by atomic mass is 10.00. The van der Waals surface area contributed by atoms with Crippen LogP contribution in [0, 0.1) is 5.92 Å². The minimum atomic E-state index is -4.51. The van der Waals surface area contributed by atoms with Crippen LogP contribution in [0.2, 0.25) is 0 Å². The number of piperidine rings is 1. The van der Waals surface area contributed by atoms with E-state index in [4.69, 9.17) is 0 Å². The fourth-order valence-corrected chi connectivity index (χ4v) is 3.38. The minimum Gasteiger partial charge on any atom is -0.342 e. The largest absolute Gasteiger partial charge is 0.418 e.